The van der Waals surface area contributed by atoms with Gasteiger partial charge in [-0.05, 0) is 43.7 Å². The van der Waals surface area contributed by atoms with Crippen LogP contribution in [-0.4, -0.2) is 17.7 Å². The van der Waals surface area contributed by atoms with E-state index in [0.29, 0.717) is 5.92 Å². The number of benzene rings is 1. The molecular formula is C17H24O3. The van der Waals surface area contributed by atoms with Crippen molar-refractivity contribution in [1.82, 2.24) is 0 Å². The summed E-state index contributed by atoms with van der Waals surface area (Å²) in [6.45, 7) is 8.80. The first-order valence-corrected chi connectivity index (χ1v) is 7.26. The first kappa shape index (κ1) is 14.9. The number of hydrogen-bond donors (Lipinski definition) is 1. The molecule has 0 bridgehead atoms. The highest BCUT2D eigenvalue weighted by molar-refractivity contribution is 5.69. The normalized spacial score (nSPS) is 15.2. The zero-order valence-corrected chi connectivity index (χ0v) is 12.8. The summed E-state index contributed by atoms with van der Waals surface area (Å²) in [4.78, 5) is 11.1. The summed E-state index contributed by atoms with van der Waals surface area (Å²) in [7, 11) is 0. The van der Waals surface area contributed by atoms with E-state index in [0.717, 1.165) is 23.5 Å². The number of hydrogen-bond acceptors (Lipinski definition) is 2. The van der Waals surface area contributed by atoms with E-state index >= 15 is 0 Å². The van der Waals surface area contributed by atoms with Crippen molar-refractivity contribution in [3.8, 4) is 5.75 Å². The molecule has 0 atom stereocenters. The minimum absolute atomic E-state index is 0.106. The molecule has 1 aromatic rings. The molecule has 0 amide bonds. The Balaban J connectivity index is 2.34. The summed E-state index contributed by atoms with van der Waals surface area (Å²) < 4.78 is 6.05. The largest absolute Gasteiger partial charge is 0.493 e. The molecule has 110 valence electrons. The number of carbonyl (C=O) groups is 1. The van der Waals surface area contributed by atoms with Crippen LogP contribution >= 0.6 is 0 Å². The highest BCUT2D eigenvalue weighted by Gasteiger charge is 2.30. The molecule has 0 aromatic heterocycles. The molecule has 1 N–H and O–H groups in total. The Morgan fingerprint density at radius 3 is 2.55 bits per heavy atom. The second-order valence-corrected chi connectivity index (χ2v) is 6.59. The van der Waals surface area contributed by atoms with E-state index in [2.05, 4.69) is 19.9 Å². The molecule has 1 aliphatic carbocycles. The van der Waals surface area contributed by atoms with E-state index < -0.39 is 11.4 Å². The second kappa shape index (κ2) is 5.47. The lowest BCUT2D eigenvalue weighted by Crippen LogP contribution is -2.23. The maximum atomic E-state index is 11.1. The van der Waals surface area contributed by atoms with Crippen LogP contribution in [-0.2, 0) is 10.2 Å². The minimum atomic E-state index is -0.777. The number of ether oxygens (including phenoxy) is 1. The molecule has 1 aromatic carbocycles. The molecule has 3 nitrogen and oxygen atoms in total. The highest BCUT2D eigenvalue weighted by Crippen LogP contribution is 2.39. The van der Waals surface area contributed by atoms with Crippen molar-refractivity contribution >= 4 is 5.97 Å². The minimum Gasteiger partial charge on any atom is -0.493 e. The molecule has 0 spiro atoms. The fourth-order valence-corrected chi connectivity index (χ4v) is 2.47. The number of rotatable bonds is 6. The number of carboxylic acid groups (broad SMARTS) is 1. The molecule has 0 aliphatic heterocycles. The lowest BCUT2D eigenvalue weighted by molar-refractivity contribution is -0.138. The number of carboxylic acids is 1. The Morgan fingerprint density at radius 1 is 1.35 bits per heavy atom. The van der Waals surface area contributed by atoms with Crippen molar-refractivity contribution in [3.63, 3.8) is 0 Å². The molecule has 20 heavy (non-hydrogen) atoms. The van der Waals surface area contributed by atoms with Gasteiger partial charge < -0.3 is 9.84 Å². The zero-order valence-electron chi connectivity index (χ0n) is 12.8. The molecule has 0 unspecified atom stereocenters. The molecule has 3 heteroatoms. The van der Waals surface area contributed by atoms with Crippen LogP contribution in [0.4, 0.5) is 0 Å². The van der Waals surface area contributed by atoms with Gasteiger partial charge in [-0.1, -0.05) is 26.0 Å². The first-order valence-electron chi connectivity index (χ1n) is 7.26. The van der Waals surface area contributed by atoms with E-state index in [9.17, 15) is 4.79 Å². The summed E-state index contributed by atoms with van der Waals surface area (Å²) in [6.07, 6.45) is 2.60. The predicted octanol–water partition coefficient (Wildman–Crippen LogP) is 3.84. The first-order chi connectivity index (χ1) is 9.31. The van der Waals surface area contributed by atoms with E-state index in [4.69, 9.17) is 9.84 Å². The zero-order chi connectivity index (χ0) is 14.9. The van der Waals surface area contributed by atoms with Gasteiger partial charge in [-0.2, -0.15) is 0 Å². The third-order valence-corrected chi connectivity index (χ3v) is 4.16. The van der Waals surface area contributed by atoms with Crippen LogP contribution in [0.5, 0.6) is 5.75 Å². The van der Waals surface area contributed by atoms with Crippen LogP contribution in [0, 0.1) is 19.8 Å². The molecular weight excluding hydrogens is 252 g/mol. The Labute approximate surface area is 121 Å². The Kier molecular flexibility index (Phi) is 4.07. The van der Waals surface area contributed by atoms with Crippen LogP contribution in [0.2, 0.25) is 0 Å². The fourth-order valence-electron chi connectivity index (χ4n) is 2.47. The van der Waals surface area contributed by atoms with Gasteiger partial charge in [0.25, 0.3) is 0 Å². The third kappa shape index (κ3) is 3.33. The molecule has 0 saturated heterocycles. The summed E-state index contributed by atoms with van der Waals surface area (Å²) in [5, 5.41) is 9.11. The van der Waals surface area contributed by atoms with Gasteiger partial charge in [0.1, 0.15) is 5.75 Å². The molecule has 1 aliphatic rings. The average molecular weight is 276 g/mol. The van der Waals surface area contributed by atoms with E-state index in [-0.39, 0.29) is 6.42 Å². The lowest BCUT2D eigenvalue weighted by Gasteiger charge is -2.27. The summed E-state index contributed by atoms with van der Waals surface area (Å²) >= 11 is 0. The van der Waals surface area contributed by atoms with Crippen molar-refractivity contribution < 1.29 is 14.6 Å². The van der Waals surface area contributed by atoms with Crippen molar-refractivity contribution in [2.75, 3.05) is 6.61 Å². The molecule has 2 rings (SSSR count). The van der Waals surface area contributed by atoms with Gasteiger partial charge in [-0.3, -0.25) is 4.79 Å². The fraction of sp³-hybridized carbons (Fsp3) is 0.588. The van der Waals surface area contributed by atoms with Gasteiger partial charge in [0.2, 0.25) is 0 Å². The highest BCUT2D eigenvalue weighted by atomic mass is 16.5. The van der Waals surface area contributed by atoms with Crippen molar-refractivity contribution in [2.45, 2.75) is 52.4 Å². The molecule has 0 heterocycles. The van der Waals surface area contributed by atoms with Gasteiger partial charge in [-0.15, -0.1) is 0 Å². The van der Waals surface area contributed by atoms with Gasteiger partial charge in [0.15, 0.2) is 0 Å². The second-order valence-electron chi connectivity index (χ2n) is 6.59. The standard InChI is InChI=1S/C17H24O3/c1-11-5-8-14(17(3,4)9-15(18)19)16(12(11)2)20-10-13-6-7-13/h5,8,13H,6-7,9-10H2,1-4H3,(H,18,19). The van der Waals surface area contributed by atoms with Crippen LogP contribution in [0.1, 0.15) is 49.8 Å². The summed E-state index contributed by atoms with van der Waals surface area (Å²) in [5.74, 6) is 0.801. The van der Waals surface area contributed by atoms with E-state index in [1.54, 1.807) is 0 Å². The Bertz CT molecular complexity index is 513. The monoisotopic (exact) mass is 276 g/mol. The van der Waals surface area contributed by atoms with Crippen molar-refractivity contribution in [1.29, 1.82) is 0 Å². The predicted molar refractivity (Wildman–Crippen MR) is 79.4 cm³/mol. The SMILES string of the molecule is Cc1ccc(C(C)(C)CC(=O)O)c(OCC2CC2)c1C. The Morgan fingerprint density at radius 2 is 2.00 bits per heavy atom. The van der Waals surface area contributed by atoms with E-state index in [1.807, 2.05) is 19.9 Å². The van der Waals surface area contributed by atoms with Gasteiger partial charge in [0, 0.05) is 11.0 Å². The van der Waals surface area contributed by atoms with Crippen molar-refractivity contribution in [3.05, 3.63) is 28.8 Å². The smallest absolute Gasteiger partial charge is 0.304 e. The van der Waals surface area contributed by atoms with E-state index in [1.165, 1.54) is 18.4 Å². The number of aliphatic carboxylic acids is 1. The topological polar surface area (TPSA) is 46.5 Å². The third-order valence-electron chi connectivity index (χ3n) is 4.16. The van der Waals surface area contributed by atoms with Crippen LogP contribution < -0.4 is 4.74 Å². The maximum Gasteiger partial charge on any atom is 0.304 e. The number of aryl methyl sites for hydroxylation is 1. The van der Waals surface area contributed by atoms with Gasteiger partial charge in [-0.25, -0.2) is 0 Å². The van der Waals surface area contributed by atoms with Crippen LogP contribution in [0.15, 0.2) is 12.1 Å². The van der Waals surface area contributed by atoms with Gasteiger partial charge in [0.05, 0.1) is 13.0 Å². The quantitative estimate of drug-likeness (QED) is 0.858. The molecule has 1 saturated carbocycles. The average Bonchev–Trinajstić information content (AvgIpc) is 3.13. The lowest BCUT2D eigenvalue weighted by atomic mass is 9.79. The molecule has 1 fully saturated rings. The maximum absolute atomic E-state index is 11.1. The Hall–Kier alpha value is -1.51. The summed E-state index contributed by atoms with van der Waals surface area (Å²) in [6, 6.07) is 4.08. The molecule has 0 radical (unpaired) electrons. The van der Waals surface area contributed by atoms with Crippen molar-refractivity contribution in [2.24, 2.45) is 5.92 Å². The van der Waals surface area contributed by atoms with Crippen LogP contribution in [0.3, 0.4) is 0 Å². The van der Waals surface area contributed by atoms with Gasteiger partial charge >= 0.3 is 5.97 Å². The summed E-state index contributed by atoms with van der Waals surface area (Å²) in [5.41, 5.74) is 2.89. The van der Waals surface area contributed by atoms with Crippen LogP contribution in [0.25, 0.3) is 0 Å².